The number of phenols is 1. The second-order valence-electron chi connectivity index (χ2n) is 4.06. The highest BCUT2D eigenvalue weighted by Gasteiger charge is 2.16. The fraction of sp³-hybridized carbons (Fsp3) is 0.0769. The molecule has 0 radical (unpaired) electrons. The maximum Gasteiger partial charge on any atom is 0.177 e. The summed E-state index contributed by atoms with van der Waals surface area (Å²) < 4.78 is 23.2. The van der Waals surface area contributed by atoms with Crippen LogP contribution >= 0.6 is 23.2 Å². The summed E-state index contributed by atoms with van der Waals surface area (Å²) in [6.45, 7) is 0. The van der Waals surface area contributed by atoms with E-state index in [0.29, 0.717) is 11.1 Å². The van der Waals surface area contributed by atoms with Gasteiger partial charge in [0.1, 0.15) is 5.75 Å². The average Bonchev–Trinajstić information content (AvgIpc) is 2.32. The third kappa shape index (κ3) is 2.86. The largest absolute Gasteiger partial charge is 0.506 e. The van der Waals surface area contributed by atoms with Gasteiger partial charge in [-0.2, -0.15) is 0 Å². The van der Waals surface area contributed by atoms with Crippen molar-refractivity contribution >= 4 is 33.0 Å². The molecule has 0 bridgehead atoms. The van der Waals surface area contributed by atoms with Gasteiger partial charge in [-0.15, -0.1) is 0 Å². The van der Waals surface area contributed by atoms with Crippen LogP contribution in [0.25, 0.3) is 11.1 Å². The molecule has 0 fully saturated rings. The van der Waals surface area contributed by atoms with Crippen molar-refractivity contribution in [2.45, 2.75) is 4.90 Å². The minimum atomic E-state index is -3.40. The Labute approximate surface area is 121 Å². The third-order valence-corrected chi connectivity index (χ3v) is 4.58. The van der Waals surface area contributed by atoms with E-state index in [-0.39, 0.29) is 20.7 Å². The smallest absolute Gasteiger partial charge is 0.177 e. The summed E-state index contributed by atoms with van der Waals surface area (Å²) in [5, 5.41) is 9.71. The van der Waals surface area contributed by atoms with E-state index < -0.39 is 9.84 Å². The lowest BCUT2D eigenvalue weighted by atomic mass is 10.1. The van der Waals surface area contributed by atoms with Crippen molar-refractivity contribution in [3.05, 3.63) is 46.4 Å². The van der Waals surface area contributed by atoms with Gasteiger partial charge in [-0.1, -0.05) is 41.4 Å². The van der Waals surface area contributed by atoms with E-state index in [1.807, 2.05) is 0 Å². The molecule has 6 heteroatoms. The summed E-state index contributed by atoms with van der Waals surface area (Å²) in [5.41, 5.74) is 1.18. The molecular formula is C13H10Cl2O3S. The molecule has 0 atom stereocenters. The van der Waals surface area contributed by atoms with Crippen molar-refractivity contribution in [1.29, 1.82) is 0 Å². The average molecular weight is 317 g/mol. The number of halogens is 2. The Balaban J connectivity index is 2.67. The molecule has 0 aliphatic carbocycles. The zero-order chi connectivity index (χ0) is 14.2. The molecule has 2 aromatic carbocycles. The molecule has 2 rings (SSSR count). The van der Waals surface area contributed by atoms with Gasteiger partial charge in [0.25, 0.3) is 0 Å². The quantitative estimate of drug-likeness (QED) is 0.917. The highest BCUT2D eigenvalue weighted by Crippen LogP contribution is 2.36. The number of sulfone groups is 1. The standard InChI is InChI=1S/C13H10Cl2O3S/c1-19(17,18)12-4-2-3-9(13(12)15)8-5-6-11(16)10(14)7-8/h2-7,16H,1H3. The molecule has 0 heterocycles. The Morgan fingerprint density at radius 3 is 2.37 bits per heavy atom. The Hall–Kier alpha value is -1.23. The fourth-order valence-corrected chi connectivity index (χ4v) is 3.29. The van der Waals surface area contributed by atoms with Crippen LogP contribution in [0.2, 0.25) is 10.0 Å². The van der Waals surface area contributed by atoms with Crippen LogP contribution in [0.5, 0.6) is 5.75 Å². The van der Waals surface area contributed by atoms with E-state index >= 15 is 0 Å². The number of aromatic hydroxyl groups is 1. The van der Waals surface area contributed by atoms with Gasteiger partial charge in [0, 0.05) is 11.8 Å². The summed E-state index contributed by atoms with van der Waals surface area (Å²) in [4.78, 5) is 0.0656. The lowest BCUT2D eigenvalue weighted by molar-refractivity contribution is 0.475. The molecule has 0 unspecified atom stereocenters. The first-order valence-electron chi connectivity index (χ1n) is 5.28. The van der Waals surface area contributed by atoms with Crippen LogP contribution < -0.4 is 0 Å². The van der Waals surface area contributed by atoms with Crippen LogP contribution in [-0.2, 0) is 9.84 Å². The van der Waals surface area contributed by atoms with Crippen LogP contribution in [0.3, 0.4) is 0 Å². The van der Waals surface area contributed by atoms with Crippen molar-refractivity contribution in [3.63, 3.8) is 0 Å². The van der Waals surface area contributed by atoms with Crippen LogP contribution in [0, 0.1) is 0 Å². The van der Waals surface area contributed by atoms with Gasteiger partial charge in [0.15, 0.2) is 9.84 Å². The Kier molecular flexibility index (Phi) is 3.76. The number of benzene rings is 2. The van der Waals surface area contributed by atoms with Crippen LogP contribution in [0.4, 0.5) is 0 Å². The Bertz CT molecular complexity index is 740. The predicted molar refractivity (Wildman–Crippen MR) is 76.7 cm³/mol. The van der Waals surface area contributed by atoms with Gasteiger partial charge in [-0.05, 0) is 23.8 Å². The molecule has 0 aromatic heterocycles. The first-order valence-corrected chi connectivity index (χ1v) is 7.93. The van der Waals surface area contributed by atoms with Crippen LogP contribution in [0.1, 0.15) is 0 Å². The summed E-state index contributed by atoms with van der Waals surface area (Å²) >= 11 is 12.0. The lowest BCUT2D eigenvalue weighted by Crippen LogP contribution is -1.98. The van der Waals surface area contributed by atoms with Gasteiger partial charge in [-0.25, -0.2) is 8.42 Å². The molecular weight excluding hydrogens is 307 g/mol. The van der Waals surface area contributed by atoms with Gasteiger partial charge < -0.3 is 5.11 Å². The molecule has 19 heavy (non-hydrogen) atoms. The normalized spacial score (nSPS) is 11.5. The Morgan fingerprint density at radius 2 is 1.79 bits per heavy atom. The summed E-state index contributed by atoms with van der Waals surface area (Å²) in [6.07, 6.45) is 1.10. The van der Waals surface area contributed by atoms with Crippen molar-refractivity contribution in [2.75, 3.05) is 6.26 Å². The van der Waals surface area contributed by atoms with Gasteiger partial charge in [0.2, 0.25) is 0 Å². The number of phenolic OH excluding ortho intramolecular Hbond substituents is 1. The van der Waals surface area contributed by atoms with Crippen LogP contribution in [-0.4, -0.2) is 19.8 Å². The van der Waals surface area contributed by atoms with E-state index in [1.165, 1.54) is 18.2 Å². The van der Waals surface area contributed by atoms with E-state index in [4.69, 9.17) is 23.2 Å². The molecule has 0 aliphatic heterocycles. The van der Waals surface area contributed by atoms with Gasteiger partial charge in [0.05, 0.1) is 14.9 Å². The lowest BCUT2D eigenvalue weighted by Gasteiger charge is -2.09. The third-order valence-electron chi connectivity index (χ3n) is 2.62. The molecule has 0 saturated carbocycles. The SMILES string of the molecule is CS(=O)(=O)c1cccc(-c2ccc(O)c(Cl)c2)c1Cl. The maximum absolute atomic E-state index is 11.6. The second-order valence-corrected chi connectivity index (χ2v) is 6.83. The molecule has 0 saturated heterocycles. The van der Waals surface area contributed by atoms with Crippen LogP contribution in [0.15, 0.2) is 41.3 Å². The summed E-state index contributed by atoms with van der Waals surface area (Å²) in [6, 6.07) is 9.33. The molecule has 2 aromatic rings. The highest BCUT2D eigenvalue weighted by atomic mass is 35.5. The van der Waals surface area contributed by atoms with E-state index in [9.17, 15) is 13.5 Å². The highest BCUT2D eigenvalue weighted by molar-refractivity contribution is 7.90. The zero-order valence-corrected chi connectivity index (χ0v) is 12.2. The van der Waals surface area contributed by atoms with Crippen molar-refractivity contribution in [1.82, 2.24) is 0 Å². The van der Waals surface area contributed by atoms with E-state index in [2.05, 4.69) is 0 Å². The number of hydrogen-bond donors (Lipinski definition) is 1. The number of rotatable bonds is 2. The van der Waals surface area contributed by atoms with Gasteiger partial charge >= 0.3 is 0 Å². The zero-order valence-electron chi connectivity index (χ0n) is 9.89. The maximum atomic E-state index is 11.6. The first-order chi connectivity index (χ1) is 8.80. The first kappa shape index (κ1) is 14.2. The topological polar surface area (TPSA) is 54.4 Å². The second kappa shape index (κ2) is 5.04. The van der Waals surface area contributed by atoms with Crippen molar-refractivity contribution in [3.8, 4) is 16.9 Å². The fourth-order valence-electron chi connectivity index (χ4n) is 1.69. The molecule has 0 spiro atoms. The van der Waals surface area contributed by atoms with Crippen molar-refractivity contribution < 1.29 is 13.5 Å². The molecule has 0 aliphatic rings. The van der Waals surface area contributed by atoms with E-state index in [1.54, 1.807) is 18.2 Å². The molecule has 100 valence electrons. The van der Waals surface area contributed by atoms with Gasteiger partial charge in [-0.3, -0.25) is 0 Å². The molecule has 1 N–H and O–H groups in total. The monoisotopic (exact) mass is 316 g/mol. The minimum Gasteiger partial charge on any atom is -0.506 e. The molecule has 0 amide bonds. The van der Waals surface area contributed by atoms with Crippen molar-refractivity contribution in [2.24, 2.45) is 0 Å². The predicted octanol–water partition coefficient (Wildman–Crippen LogP) is 3.77. The molecule has 3 nitrogen and oxygen atoms in total. The number of hydrogen-bond acceptors (Lipinski definition) is 3. The summed E-state index contributed by atoms with van der Waals surface area (Å²) in [5.74, 6) is -0.0409. The van der Waals surface area contributed by atoms with E-state index in [0.717, 1.165) is 6.26 Å². The Morgan fingerprint density at radius 1 is 1.11 bits per heavy atom. The summed E-state index contributed by atoms with van der Waals surface area (Å²) in [7, 11) is -3.40. The minimum absolute atomic E-state index is 0.0409.